The molecule has 1 aromatic carbocycles. The van der Waals surface area contributed by atoms with Gasteiger partial charge in [0.2, 0.25) is 5.88 Å². The molecule has 0 spiro atoms. The van der Waals surface area contributed by atoms with Gasteiger partial charge in [-0.1, -0.05) is 0 Å². The van der Waals surface area contributed by atoms with E-state index in [2.05, 4.69) is 70.7 Å². The third kappa shape index (κ3) is 3.85. The fourth-order valence-electron chi connectivity index (χ4n) is 5.38. The highest BCUT2D eigenvalue weighted by Gasteiger charge is 2.34. The summed E-state index contributed by atoms with van der Waals surface area (Å²) >= 11 is 0. The van der Waals surface area contributed by atoms with Gasteiger partial charge < -0.3 is 14.2 Å². The van der Waals surface area contributed by atoms with Gasteiger partial charge in [-0.05, 0) is 57.9 Å². The zero-order valence-corrected chi connectivity index (χ0v) is 21.7. The van der Waals surface area contributed by atoms with Crippen LogP contribution in [0, 0.1) is 6.92 Å². The van der Waals surface area contributed by atoms with E-state index in [0.717, 1.165) is 66.4 Å². The molecule has 8 nitrogen and oxygen atoms in total. The van der Waals surface area contributed by atoms with Crippen LogP contribution >= 0.6 is 0 Å². The molecule has 6 rings (SSSR count). The van der Waals surface area contributed by atoms with Crippen molar-refractivity contribution >= 4 is 5.69 Å². The Morgan fingerprint density at radius 3 is 2.56 bits per heavy atom. The monoisotopic (exact) mass is 483 g/mol. The smallest absolute Gasteiger partial charge is 0.226 e. The second kappa shape index (κ2) is 8.76. The predicted octanol–water partition coefficient (Wildman–Crippen LogP) is 5.08. The van der Waals surface area contributed by atoms with Gasteiger partial charge in [0.15, 0.2) is 0 Å². The number of anilines is 1. The minimum atomic E-state index is 0.366. The highest BCUT2D eigenvalue weighted by atomic mass is 16.5. The summed E-state index contributed by atoms with van der Waals surface area (Å²) in [4.78, 5) is 16.3. The van der Waals surface area contributed by atoms with Gasteiger partial charge in [0.25, 0.3) is 0 Å². The van der Waals surface area contributed by atoms with Crippen LogP contribution in [0.2, 0.25) is 0 Å². The number of rotatable bonds is 6. The Labute approximate surface area is 212 Å². The van der Waals surface area contributed by atoms with Crippen molar-refractivity contribution in [2.75, 3.05) is 18.6 Å². The number of benzene rings is 1. The number of hydrogen-bond donors (Lipinski definition) is 0. The highest BCUT2D eigenvalue weighted by Crippen LogP contribution is 2.46. The molecule has 1 saturated carbocycles. The van der Waals surface area contributed by atoms with Crippen LogP contribution in [0.15, 0.2) is 36.8 Å². The van der Waals surface area contributed by atoms with E-state index in [1.807, 2.05) is 11.7 Å². The third-order valence-corrected chi connectivity index (χ3v) is 7.38. The van der Waals surface area contributed by atoms with Gasteiger partial charge in [0.1, 0.15) is 17.8 Å². The number of ether oxygens (including phenoxy) is 1. The molecule has 0 saturated heterocycles. The van der Waals surface area contributed by atoms with Crippen molar-refractivity contribution in [1.82, 2.24) is 29.3 Å². The first-order valence-electron chi connectivity index (χ1n) is 12.8. The molecule has 1 aliphatic heterocycles. The summed E-state index contributed by atoms with van der Waals surface area (Å²) in [5, 5.41) is 4.97. The molecule has 2 aliphatic rings. The lowest BCUT2D eigenvalue weighted by molar-refractivity contribution is 0.397. The van der Waals surface area contributed by atoms with Gasteiger partial charge in [0.05, 0.1) is 24.1 Å². The number of imidazole rings is 1. The molecule has 1 fully saturated rings. The maximum atomic E-state index is 5.69. The lowest BCUT2D eigenvalue weighted by Crippen LogP contribution is -2.31. The zero-order valence-electron chi connectivity index (χ0n) is 21.7. The van der Waals surface area contributed by atoms with E-state index < -0.39 is 0 Å². The first-order chi connectivity index (χ1) is 17.4. The molecule has 8 heteroatoms. The van der Waals surface area contributed by atoms with Crippen molar-refractivity contribution in [3.63, 3.8) is 0 Å². The maximum Gasteiger partial charge on any atom is 0.226 e. The fourth-order valence-corrected chi connectivity index (χ4v) is 5.38. The molecule has 0 radical (unpaired) electrons. The molecular weight excluding hydrogens is 450 g/mol. The summed E-state index contributed by atoms with van der Waals surface area (Å²) in [6, 6.07) is 9.17. The van der Waals surface area contributed by atoms with Crippen LogP contribution in [-0.4, -0.2) is 43.0 Å². The van der Waals surface area contributed by atoms with Crippen LogP contribution in [0.5, 0.6) is 5.88 Å². The molecule has 4 aromatic rings. The van der Waals surface area contributed by atoms with E-state index >= 15 is 0 Å². The SMILES string of the molecule is COc1ncnc(C2CC2)c1-c1nn(C)c2c1CN(c1ccc(-c3nc(C)cn3C(C)C)cc1)CC2. The normalized spacial score (nSPS) is 15.4. The van der Waals surface area contributed by atoms with Crippen molar-refractivity contribution in [2.45, 2.75) is 58.5 Å². The Bertz CT molecular complexity index is 1410. The van der Waals surface area contributed by atoms with Gasteiger partial charge in [-0.15, -0.1) is 0 Å². The molecule has 0 atom stereocenters. The van der Waals surface area contributed by atoms with Crippen molar-refractivity contribution in [2.24, 2.45) is 7.05 Å². The number of hydrogen-bond acceptors (Lipinski definition) is 6. The Balaban J connectivity index is 1.34. The minimum absolute atomic E-state index is 0.366. The Kier molecular flexibility index (Phi) is 5.54. The van der Waals surface area contributed by atoms with Crippen molar-refractivity contribution in [1.29, 1.82) is 0 Å². The first-order valence-corrected chi connectivity index (χ1v) is 12.8. The van der Waals surface area contributed by atoms with Crippen LogP contribution in [0.25, 0.3) is 22.6 Å². The molecule has 4 heterocycles. The largest absolute Gasteiger partial charge is 0.480 e. The van der Waals surface area contributed by atoms with Gasteiger partial charge in [-0.25, -0.2) is 15.0 Å². The van der Waals surface area contributed by atoms with E-state index in [4.69, 9.17) is 14.8 Å². The van der Waals surface area contributed by atoms with E-state index in [9.17, 15) is 0 Å². The number of nitrogens with zero attached hydrogens (tertiary/aromatic N) is 7. The molecule has 0 bridgehead atoms. The lowest BCUT2D eigenvalue weighted by atomic mass is 9.98. The second-order valence-electron chi connectivity index (χ2n) is 10.2. The van der Waals surface area contributed by atoms with Gasteiger partial charge in [-0.2, -0.15) is 5.10 Å². The summed E-state index contributed by atoms with van der Waals surface area (Å²) < 4.78 is 9.96. The summed E-state index contributed by atoms with van der Waals surface area (Å²) in [7, 11) is 3.72. The summed E-state index contributed by atoms with van der Waals surface area (Å²) in [6.07, 6.45) is 7.00. The molecular formula is C28H33N7O. The zero-order chi connectivity index (χ0) is 25.0. The maximum absolute atomic E-state index is 5.69. The third-order valence-electron chi connectivity index (χ3n) is 7.38. The fraction of sp³-hybridized carbons (Fsp3) is 0.429. The average molecular weight is 484 g/mol. The van der Waals surface area contributed by atoms with E-state index in [0.29, 0.717) is 17.8 Å². The topological polar surface area (TPSA) is 73.9 Å². The minimum Gasteiger partial charge on any atom is -0.480 e. The quantitative estimate of drug-likeness (QED) is 0.381. The second-order valence-corrected chi connectivity index (χ2v) is 10.2. The Morgan fingerprint density at radius 1 is 1.08 bits per heavy atom. The van der Waals surface area contributed by atoms with Crippen LogP contribution in [0.3, 0.4) is 0 Å². The number of fused-ring (bicyclic) bond motifs is 1. The van der Waals surface area contributed by atoms with Crippen molar-refractivity contribution < 1.29 is 4.74 Å². The van der Waals surface area contributed by atoms with Gasteiger partial charge >= 0.3 is 0 Å². The molecule has 3 aromatic heterocycles. The summed E-state index contributed by atoms with van der Waals surface area (Å²) in [5.41, 5.74) is 8.91. The lowest BCUT2D eigenvalue weighted by Gasteiger charge is -2.30. The molecule has 36 heavy (non-hydrogen) atoms. The van der Waals surface area contributed by atoms with Crippen molar-refractivity contribution in [3.8, 4) is 28.5 Å². The first kappa shape index (κ1) is 22.8. The number of aromatic nitrogens is 6. The Morgan fingerprint density at radius 2 is 1.86 bits per heavy atom. The van der Waals surface area contributed by atoms with Gasteiger partial charge in [0, 0.05) is 67.2 Å². The predicted molar refractivity (Wildman–Crippen MR) is 140 cm³/mol. The van der Waals surface area contributed by atoms with Crippen molar-refractivity contribution in [3.05, 3.63) is 59.4 Å². The summed E-state index contributed by atoms with van der Waals surface area (Å²) in [5.74, 6) is 2.11. The number of aryl methyl sites for hydroxylation is 2. The van der Waals surface area contributed by atoms with Crippen LogP contribution in [0.4, 0.5) is 5.69 Å². The average Bonchev–Trinajstić information content (AvgIpc) is 3.59. The summed E-state index contributed by atoms with van der Waals surface area (Å²) in [6.45, 7) is 8.17. The van der Waals surface area contributed by atoms with Crippen LogP contribution in [0.1, 0.15) is 61.3 Å². The van der Waals surface area contributed by atoms with E-state index in [1.165, 1.54) is 16.9 Å². The van der Waals surface area contributed by atoms with Crippen LogP contribution < -0.4 is 9.64 Å². The molecule has 1 aliphatic carbocycles. The number of methoxy groups -OCH3 is 1. The van der Waals surface area contributed by atoms with Gasteiger partial charge in [-0.3, -0.25) is 4.68 Å². The van der Waals surface area contributed by atoms with E-state index in [-0.39, 0.29) is 0 Å². The standard InChI is InChI=1S/C28H33N7O/c1-17(2)35-14-18(3)31-27(35)20-8-10-21(11-9-20)34-13-12-23-22(15-34)26(32-33(23)4)24-25(19-6-7-19)29-16-30-28(24)36-5/h8-11,14,16-17,19H,6-7,12-13,15H2,1-5H3. The molecule has 0 amide bonds. The van der Waals surface area contributed by atoms with E-state index in [1.54, 1.807) is 13.4 Å². The molecule has 186 valence electrons. The molecule has 0 unspecified atom stereocenters. The Hall–Kier alpha value is -3.68. The molecule has 0 N–H and O–H groups in total. The van der Waals surface area contributed by atoms with Crippen LogP contribution in [-0.2, 0) is 20.0 Å². The highest BCUT2D eigenvalue weighted by molar-refractivity contribution is 5.73.